The molecule has 2 aromatic carbocycles. The Morgan fingerprint density at radius 1 is 0.811 bits per heavy atom. The van der Waals surface area contributed by atoms with Crippen molar-refractivity contribution in [2.24, 2.45) is 0 Å². The summed E-state index contributed by atoms with van der Waals surface area (Å²) in [4.78, 5) is 22.0. The molecule has 1 fully saturated rings. The van der Waals surface area contributed by atoms with Crippen molar-refractivity contribution in [2.75, 3.05) is 32.7 Å². The van der Waals surface area contributed by atoms with Gasteiger partial charge in [-0.25, -0.2) is 15.0 Å². The monoisotopic (exact) mass is 496 g/mol. The van der Waals surface area contributed by atoms with E-state index < -0.39 is 6.10 Å². The molecule has 188 valence electrons. The van der Waals surface area contributed by atoms with Crippen molar-refractivity contribution in [2.45, 2.75) is 18.7 Å². The number of aliphatic hydroxyl groups is 1. The molecule has 0 radical (unpaired) electrons. The predicted molar refractivity (Wildman–Crippen MR) is 137 cm³/mol. The maximum absolute atomic E-state index is 10.9. The molecule has 1 N–H and O–H groups in total. The highest BCUT2D eigenvalue weighted by Gasteiger charge is 2.27. The topological polar surface area (TPSA) is 109 Å². The third-order valence-electron chi connectivity index (χ3n) is 6.85. The lowest BCUT2D eigenvalue weighted by Gasteiger charge is -2.40. The van der Waals surface area contributed by atoms with Crippen molar-refractivity contribution in [3.63, 3.8) is 0 Å². The van der Waals surface area contributed by atoms with Crippen molar-refractivity contribution in [3.05, 3.63) is 90.8 Å². The van der Waals surface area contributed by atoms with Gasteiger partial charge >= 0.3 is 0 Å². The average molecular weight is 497 g/mol. The van der Waals surface area contributed by atoms with E-state index in [1.165, 1.54) is 23.8 Å². The number of fused-ring (bicyclic) bond motifs is 1. The second-order valence-electron chi connectivity index (χ2n) is 9.26. The minimum absolute atomic E-state index is 0.222. The van der Waals surface area contributed by atoms with Crippen LogP contribution in [0.25, 0.3) is 22.7 Å². The zero-order valence-corrected chi connectivity index (χ0v) is 20.3. The normalized spacial score (nSPS) is 15.9. The van der Waals surface area contributed by atoms with Crippen molar-refractivity contribution >= 4 is 11.2 Å². The van der Waals surface area contributed by atoms with Crippen LogP contribution in [0, 0.1) is 0 Å². The number of β-amino-alcohol motifs (C(OH)–C–C–N with tert-alkyl or cyclic N) is 1. The van der Waals surface area contributed by atoms with Crippen LogP contribution in [-0.4, -0.2) is 83.4 Å². The molecule has 1 aliphatic rings. The molecule has 0 unspecified atom stereocenters. The molecule has 0 aliphatic carbocycles. The Bertz CT molecular complexity index is 1380. The second kappa shape index (κ2) is 10.6. The first kappa shape index (κ1) is 23.4. The SMILES string of the molecule is O[C@@H](CN1CCN(C(c2ccccc2)c2ccccc2)CC1)Cn1cnc2c(-c3ncon3)ncnc21. The minimum Gasteiger partial charge on any atom is -0.390 e. The molecule has 10 nitrogen and oxygen atoms in total. The number of piperazine rings is 1. The van der Waals surface area contributed by atoms with Crippen LogP contribution in [0.3, 0.4) is 0 Å². The largest absolute Gasteiger partial charge is 0.390 e. The van der Waals surface area contributed by atoms with Gasteiger partial charge in [0.25, 0.3) is 0 Å². The van der Waals surface area contributed by atoms with Gasteiger partial charge in [0.2, 0.25) is 12.2 Å². The zero-order valence-electron chi connectivity index (χ0n) is 20.3. The Balaban J connectivity index is 1.10. The molecule has 1 aliphatic heterocycles. The Labute approximate surface area is 214 Å². The standard InChI is InChI=1S/C27H28N8O2/c36-22(16-35-18-30-24-23(26-31-19-37-32-26)28-17-29-27(24)35)15-33-11-13-34(14-12-33)25(20-7-3-1-4-8-20)21-9-5-2-6-10-21/h1-10,17-19,22,25,36H,11-16H2/t22-/m0/s1. The summed E-state index contributed by atoms with van der Waals surface area (Å²) in [6.07, 6.45) is 3.82. The van der Waals surface area contributed by atoms with E-state index in [9.17, 15) is 5.11 Å². The highest BCUT2D eigenvalue weighted by Crippen LogP contribution is 2.29. The Morgan fingerprint density at radius 2 is 1.51 bits per heavy atom. The molecule has 37 heavy (non-hydrogen) atoms. The van der Waals surface area contributed by atoms with E-state index in [2.05, 4.69) is 95.6 Å². The maximum atomic E-state index is 10.9. The van der Waals surface area contributed by atoms with Crippen LogP contribution >= 0.6 is 0 Å². The highest BCUT2D eigenvalue weighted by molar-refractivity contribution is 5.84. The molecule has 3 aromatic heterocycles. The molecule has 0 saturated carbocycles. The van der Waals surface area contributed by atoms with Crippen LogP contribution in [0.5, 0.6) is 0 Å². The van der Waals surface area contributed by atoms with Gasteiger partial charge in [-0.05, 0) is 11.1 Å². The van der Waals surface area contributed by atoms with Crippen molar-refractivity contribution < 1.29 is 9.63 Å². The van der Waals surface area contributed by atoms with Gasteiger partial charge in [-0.1, -0.05) is 65.8 Å². The summed E-state index contributed by atoms with van der Waals surface area (Å²) in [5, 5.41) is 14.8. The molecule has 6 rings (SSSR count). The minimum atomic E-state index is -0.563. The fourth-order valence-electron chi connectivity index (χ4n) is 5.12. The van der Waals surface area contributed by atoms with E-state index in [4.69, 9.17) is 4.52 Å². The van der Waals surface area contributed by atoms with Gasteiger partial charge in [0.1, 0.15) is 17.5 Å². The Kier molecular flexibility index (Phi) is 6.68. The molecular formula is C27H28N8O2. The predicted octanol–water partition coefficient (Wildman–Crippen LogP) is 2.64. The van der Waals surface area contributed by atoms with Crippen molar-refractivity contribution in [3.8, 4) is 11.5 Å². The first-order chi connectivity index (χ1) is 18.3. The van der Waals surface area contributed by atoms with Crippen LogP contribution in [0.1, 0.15) is 17.2 Å². The summed E-state index contributed by atoms with van der Waals surface area (Å²) < 4.78 is 6.69. The lowest BCUT2D eigenvalue weighted by molar-refractivity contribution is 0.0560. The summed E-state index contributed by atoms with van der Waals surface area (Å²) in [5.41, 5.74) is 4.33. The summed E-state index contributed by atoms with van der Waals surface area (Å²) in [7, 11) is 0. The Hall–Kier alpha value is -3.99. The smallest absolute Gasteiger partial charge is 0.223 e. The molecule has 1 saturated heterocycles. The van der Waals surface area contributed by atoms with Gasteiger partial charge in [-0.2, -0.15) is 4.98 Å². The van der Waals surface area contributed by atoms with Gasteiger partial charge in [0.15, 0.2) is 5.65 Å². The van der Waals surface area contributed by atoms with Crippen LogP contribution in [0.4, 0.5) is 0 Å². The van der Waals surface area contributed by atoms with Crippen molar-refractivity contribution in [1.82, 2.24) is 39.5 Å². The van der Waals surface area contributed by atoms with E-state index >= 15 is 0 Å². The molecular weight excluding hydrogens is 468 g/mol. The number of hydrogen-bond donors (Lipinski definition) is 1. The summed E-state index contributed by atoms with van der Waals surface area (Å²) >= 11 is 0. The average Bonchev–Trinajstić information content (AvgIpc) is 3.62. The molecule has 0 bridgehead atoms. The number of hydrogen-bond acceptors (Lipinski definition) is 9. The molecule has 0 spiro atoms. The molecule has 10 heteroatoms. The lowest BCUT2D eigenvalue weighted by atomic mass is 9.96. The van der Waals surface area contributed by atoms with E-state index in [1.54, 1.807) is 6.33 Å². The van der Waals surface area contributed by atoms with Gasteiger partial charge in [0.05, 0.1) is 25.0 Å². The molecule has 4 heterocycles. The van der Waals surface area contributed by atoms with Gasteiger partial charge in [-0.15, -0.1) is 0 Å². The second-order valence-corrected chi connectivity index (χ2v) is 9.26. The quantitative estimate of drug-likeness (QED) is 0.347. The van der Waals surface area contributed by atoms with Crippen molar-refractivity contribution in [1.29, 1.82) is 0 Å². The fourth-order valence-corrected chi connectivity index (χ4v) is 5.12. The van der Waals surface area contributed by atoms with Crippen LogP contribution < -0.4 is 0 Å². The van der Waals surface area contributed by atoms with E-state index in [1.807, 2.05) is 4.57 Å². The molecule has 5 aromatic rings. The summed E-state index contributed by atoms with van der Waals surface area (Å²) in [6.45, 7) is 4.60. The highest BCUT2D eigenvalue weighted by atomic mass is 16.5. The first-order valence-corrected chi connectivity index (χ1v) is 12.4. The summed E-state index contributed by atoms with van der Waals surface area (Å²) in [5.74, 6) is 0.361. The van der Waals surface area contributed by atoms with Crippen LogP contribution in [0.2, 0.25) is 0 Å². The first-order valence-electron chi connectivity index (χ1n) is 12.4. The zero-order chi connectivity index (χ0) is 25.0. The number of aliphatic hydroxyl groups excluding tert-OH is 1. The maximum Gasteiger partial charge on any atom is 0.223 e. The van der Waals surface area contributed by atoms with Gasteiger partial charge in [-0.3, -0.25) is 9.80 Å². The van der Waals surface area contributed by atoms with E-state index in [0.29, 0.717) is 35.8 Å². The number of imidazole rings is 1. The van der Waals surface area contributed by atoms with Crippen LogP contribution in [0.15, 0.2) is 84.2 Å². The number of nitrogens with zero attached hydrogens (tertiary/aromatic N) is 8. The fraction of sp³-hybridized carbons (Fsp3) is 0.296. The van der Waals surface area contributed by atoms with E-state index in [0.717, 1.165) is 26.2 Å². The van der Waals surface area contributed by atoms with E-state index in [-0.39, 0.29) is 6.04 Å². The van der Waals surface area contributed by atoms with Gasteiger partial charge in [0, 0.05) is 32.7 Å². The Morgan fingerprint density at radius 3 is 2.16 bits per heavy atom. The van der Waals surface area contributed by atoms with Crippen LogP contribution in [-0.2, 0) is 6.54 Å². The third kappa shape index (κ3) is 4.99. The molecule has 1 atom stereocenters. The van der Waals surface area contributed by atoms with Gasteiger partial charge < -0.3 is 14.2 Å². The number of benzene rings is 2. The number of aromatic nitrogens is 6. The molecule has 0 amide bonds. The number of rotatable bonds is 8. The summed E-state index contributed by atoms with van der Waals surface area (Å²) in [6, 6.07) is 21.6. The lowest BCUT2D eigenvalue weighted by Crippen LogP contribution is -2.50. The third-order valence-corrected chi connectivity index (χ3v) is 6.85.